The topological polar surface area (TPSA) is 66.4 Å². The van der Waals surface area contributed by atoms with Crippen LogP contribution in [0.5, 0.6) is 0 Å². The van der Waals surface area contributed by atoms with Gasteiger partial charge in [-0.25, -0.2) is 0 Å². The molecule has 1 aromatic carbocycles. The molecule has 5 atom stereocenters. The van der Waals surface area contributed by atoms with Crippen LogP contribution in [0, 0.1) is 34.5 Å². The molecule has 178 valence electrons. The molecule has 0 aromatic heterocycles. The second-order valence-corrected chi connectivity index (χ2v) is 10.8. The lowest BCUT2D eigenvalue weighted by molar-refractivity contribution is -0.130. The van der Waals surface area contributed by atoms with Crippen molar-refractivity contribution in [1.29, 1.82) is 0 Å². The van der Waals surface area contributed by atoms with Crippen molar-refractivity contribution < 1.29 is 14.7 Å². The minimum absolute atomic E-state index is 0.137. The lowest BCUT2D eigenvalue weighted by Crippen LogP contribution is -2.50. The average Bonchev–Trinajstić information content (AvgIpc) is 3.14. The van der Waals surface area contributed by atoms with Crippen LogP contribution in [0.1, 0.15) is 70.3 Å². The molecule has 0 unspecified atom stereocenters. The molecule has 4 heteroatoms. The van der Waals surface area contributed by atoms with E-state index in [4.69, 9.17) is 0 Å². The number of hydrogen-bond donors (Lipinski definition) is 2. The fourth-order valence-corrected chi connectivity index (χ4v) is 7.93. The van der Waals surface area contributed by atoms with Crippen LogP contribution in [-0.2, 0) is 9.59 Å². The predicted molar refractivity (Wildman–Crippen MR) is 134 cm³/mol. The number of aliphatic hydroxyl groups is 1. The van der Waals surface area contributed by atoms with E-state index in [-0.39, 0.29) is 29.5 Å². The second kappa shape index (κ2) is 8.54. The third kappa shape index (κ3) is 3.32. The highest BCUT2D eigenvalue weighted by Crippen LogP contribution is 2.69. The molecule has 2 saturated carbocycles. The molecule has 0 bridgehead atoms. The number of hydrogen-bond acceptors (Lipinski definition) is 4. The number of Topliss-reactive ketones (excluding diaryl/α,β-unsaturated/α-hetero) is 1. The van der Waals surface area contributed by atoms with E-state index in [1.54, 1.807) is 6.92 Å². The van der Waals surface area contributed by atoms with E-state index in [0.29, 0.717) is 18.3 Å². The highest BCUT2D eigenvalue weighted by atomic mass is 16.2. The zero-order valence-electron chi connectivity index (χ0n) is 20.5. The molecular formula is C30H35NO3. The third-order valence-electron chi connectivity index (χ3n) is 9.51. The summed E-state index contributed by atoms with van der Waals surface area (Å²) in [6.07, 6.45) is 7.94. The van der Waals surface area contributed by atoms with Crippen LogP contribution in [0.3, 0.4) is 0 Å². The van der Waals surface area contributed by atoms with Crippen molar-refractivity contribution in [2.75, 3.05) is 19.0 Å². The number of carbonyl (C=O) groups is 2. The van der Waals surface area contributed by atoms with Gasteiger partial charge in [0.25, 0.3) is 0 Å². The minimum atomic E-state index is -0.710. The van der Waals surface area contributed by atoms with Crippen molar-refractivity contribution >= 4 is 17.3 Å². The summed E-state index contributed by atoms with van der Waals surface area (Å²) in [5.74, 6) is 7.57. The summed E-state index contributed by atoms with van der Waals surface area (Å²) in [5, 5.41) is 12.7. The number of benzene rings is 1. The summed E-state index contributed by atoms with van der Waals surface area (Å²) in [6.45, 7) is 3.77. The van der Waals surface area contributed by atoms with Crippen molar-refractivity contribution in [3.8, 4) is 11.8 Å². The molecule has 4 aliphatic rings. The highest BCUT2D eigenvalue weighted by molar-refractivity contribution is 5.93. The van der Waals surface area contributed by atoms with E-state index in [9.17, 15) is 14.7 Å². The van der Waals surface area contributed by atoms with Crippen molar-refractivity contribution in [1.82, 2.24) is 0 Å². The fourth-order valence-electron chi connectivity index (χ4n) is 7.93. The van der Waals surface area contributed by atoms with Gasteiger partial charge in [0.2, 0.25) is 0 Å². The Kier molecular flexibility index (Phi) is 5.81. The molecular weight excluding hydrogens is 422 g/mol. The summed E-state index contributed by atoms with van der Waals surface area (Å²) in [7, 11) is 1.93. The van der Waals surface area contributed by atoms with E-state index in [1.165, 1.54) is 22.3 Å². The number of carbonyl (C=O) groups excluding carboxylic acids is 2. The van der Waals surface area contributed by atoms with Crippen molar-refractivity contribution in [2.24, 2.45) is 22.7 Å². The largest absolute Gasteiger partial charge is 0.388 e. The maximum absolute atomic E-state index is 13.2. The van der Waals surface area contributed by atoms with Crippen LogP contribution >= 0.6 is 0 Å². The summed E-state index contributed by atoms with van der Waals surface area (Å²) in [4.78, 5) is 25.4. The van der Waals surface area contributed by atoms with Gasteiger partial charge in [-0.3, -0.25) is 9.59 Å². The van der Waals surface area contributed by atoms with E-state index in [1.807, 2.05) is 13.1 Å². The molecule has 0 heterocycles. The zero-order valence-corrected chi connectivity index (χ0v) is 20.5. The molecule has 0 aliphatic heterocycles. The van der Waals surface area contributed by atoms with Crippen LogP contribution in [0.25, 0.3) is 0 Å². The van der Waals surface area contributed by atoms with E-state index in [0.717, 1.165) is 44.2 Å². The highest BCUT2D eigenvalue weighted by Gasteiger charge is 2.64. The normalized spacial score (nSPS) is 34.3. The smallest absolute Gasteiger partial charge is 0.156 e. The molecule has 2 fully saturated rings. The SMILES string of the molecule is CNc1ccc([C@H]2C[C@@]3(C)[C@@H](CC[C@@]3(C#CCO)C(C)=O)[C@@H]3CCC4=CC(=O)CCC4=C32)cc1. The molecule has 4 nitrogen and oxygen atoms in total. The van der Waals surface area contributed by atoms with Gasteiger partial charge >= 0.3 is 0 Å². The van der Waals surface area contributed by atoms with Gasteiger partial charge in [-0.2, -0.15) is 0 Å². The summed E-state index contributed by atoms with van der Waals surface area (Å²) < 4.78 is 0. The summed E-state index contributed by atoms with van der Waals surface area (Å²) in [6, 6.07) is 8.71. The van der Waals surface area contributed by atoms with Gasteiger partial charge in [0.05, 0.1) is 5.41 Å². The number of nitrogens with one attached hydrogen (secondary N) is 1. The Morgan fingerprint density at radius 3 is 2.62 bits per heavy atom. The lowest BCUT2D eigenvalue weighted by atomic mass is 9.48. The number of aliphatic hydroxyl groups excluding tert-OH is 1. The van der Waals surface area contributed by atoms with Crippen molar-refractivity contribution in [3.05, 3.63) is 52.6 Å². The molecule has 5 rings (SSSR count). The lowest BCUT2D eigenvalue weighted by Gasteiger charge is -2.54. The number of fused-ring (bicyclic) bond motifs is 4. The molecule has 2 N–H and O–H groups in total. The van der Waals surface area contributed by atoms with Crippen molar-refractivity contribution in [3.63, 3.8) is 0 Å². The first-order chi connectivity index (χ1) is 16.3. The molecule has 0 saturated heterocycles. The third-order valence-corrected chi connectivity index (χ3v) is 9.51. The number of ketones is 2. The quantitative estimate of drug-likeness (QED) is 0.613. The summed E-state index contributed by atoms with van der Waals surface area (Å²) in [5.41, 5.74) is 5.59. The molecule has 4 aliphatic carbocycles. The van der Waals surface area contributed by atoms with Gasteiger partial charge in [-0.05, 0) is 97.6 Å². The Bertz CT molecular complexity index is 1150. The van der Waals surface area contributed by atoms with E-state index in [2.05, 4.69) is 48.3 Å². The number of rotatable bonds is 3. The Hall–Kier alpha value is -2.64. The predicted octanol–water partition coefficient (Wildman–Crippen LogP) is 5.20. The fraction of sp³-hybridized carbons (Fsp3) is 0.533. The van der Waals surface area contributed by atoms with E-state index >= 15 is 0 Å². The first-order valence-electron chi connectivity index (χ1n) is 12.7. The van der Waals surface area contributed by atoms with Gasteiger partial charge in [-0.15, -0.1) is 0 Å². The van der Waals surface area contributed by atoms with E-state index < -0.39 is 5.41 Å². The van der Waals surface area contributed by atoms with Gasteiger partial charge in [0, 0.05) is 25.1 Å². The summed E-state index contributed by atoms with van der Waals surface area (Å²) >= 11 is 0. The van der Waals surface area contributed by atoms with Crippen LogP contribution in [0.15, 0.2) is 47.1 Å². The van der Waals surface area contributed by atoms with Gasteiger partial charge < -0.3 is 10.4 Å². The first kappa shape index (κ1) is 23.1. The molecule has 0 spiro atoms. The van der Waals surface area contributed by atoms with Crippen LogP contribution < -0.4 is 5.32 Å². The van der Waals surface area contributed by atoms with Gasteiger partial charge in [0.15, 0.2) is 5.78 Å². The minimum Gasteiger partial charge on any atom is -0.388 e. The van der Waals surface area contributed by atoms with Gasteiger partial charge in [-0.1, -0.05) is 36.5 Å². The zero-order chi connectivity index (χ0) is 24.1. The molecule has 34 heavy (non-hydrogen) atoms. The van der Waals surface area contributed by atoms with Gasteiger partial charge in [0.1, 0.15) is 12.4 Å². The monoisotopic (exact) mass is 457 g/mol. The Labute approximate surface area is 202 Å². The molecule has 1 aromatic rings. The second-order valence-electron chi connectivity index (χ2n) is 10.8. The maximum Gasteiger partial charge on any atom is 0.156 e. The molecule has 0 amide bonds. The Morgan fingerprint density at radius 1 is 1.18 bits per heavy atom. The number of allylic oxidation sites excluding steroid dienone is 4. The average molecular weight is 458 g/mol. The first-order valence-corrected chi connectivity index (χ1v) is 12.7. The Morgan fingerprint density at radius 2 is 1.94 bits per heavy atom. The maximum atomic E-state index is 13.2. The van der Waals surface area contributed by atoms with Crippen LogP contribution in [-0.4, -0.2) is 30.3 Å². The van der Waals surface area contributed by atoms with Crippen molar-refractivity contribution in [2.45, 2.75) is 64.7 Å². The standard InChI is InChI=1S/C30H35NO3/c1-19(33)30(14-4-16-32)15-13-27-25-11-7-21-17-23(34)10-12-24(21)28(25)26(18-29(27,30)2)20-5-8-22(31-3)9-6-20/h5-6,8-9,17,25-27,31-32H,7,10-13,15-16,18H2,1-3H3/t25-,26+,27-,29-,30-/m0/s1. The van der Waals surface area contributed by atoms with Crippen LogP contribution in [0.4, 0.5) is 5.69 Å². The van der Waals surface area contributed by atoms with Crippen LogP contribution in [0.2, 0.25) is 0 Å². The number of anilines is 1. The molecule has 0 radical (unpaired) electrons. The Balaban J connectivity index is 1.70.